The van der Waals surface area contributed by atoms with Crippen LogP contribution in [0.5, 0.6) is 0 Å². The molecule has 0 atom stereocenters. The number of anilines is 2. The molecule has 0 saturated heterocycles. The second-order valence-electron chi connectivity index (χ2n) is 5.16. The summed E-state index contributed by atoms with van der Waals surface area (Å²) in [5, 5.41) is 14.4. The van der Waals surface area contributed by atoms with E-state index in [1.165, 1.54) is 12.1 Å². The van der Waals surface area contributed by atoms with Crippen molar-refractivity contribution in [3.8, 4) is 0 Å². The fourth-order valence-corrected chi connectivity index (χ4v) is 1.49. The van der Waals surface area contributed by atoms with E-state index in [2.05, 4.69) is 17.6 Å². The molecular formula is C16H25N2O4Y-. The van der Waals surface area contributed by atoms with Crippen LogP contribution in [0, 0.1) is 6.92 Å². The maximum absolute atomic E-state index is 11.7. The van der Waals surface area contributed by atoms with Gasteiger partial charge in [0.2, 0.25) is 0 Å². The van der Waals surface area contributed by atoms with Gasteiger partial charge in [0.05, 0.1) is 5.56 Å². The minimum atomic E-state index is -1.08. The number of hydrogen-bond acceptors (Lipinski definition) is 4. The van der Waals surface area contributed by atoms with Crippen LogP contribution < -0.4 is 10.6 Å². The van der Waals surface area contributed by atoms with Crippen molar-refractivity contribution in [3.63, 3.8) is 0 Å². The Balaban J connectivity index is 0. The summed E-state index contributed by atoms with van der Waals surface area (Å²) in [5.41, 5.74) is 0.346. The first kappa shape index (κ1) is 24.1. The summed E-state index contributed by atoms with van der Waals surface area (Å²) in [5.74, 6) is -1.08. The predicted molar refractivity (Wildman–Crippen MR) is 88.5 cm³/mol. The molecular weight excluding hydrogens is 373 g/mol. The van der Waals surface area contributed by atoms with Crippen molar-refractivity contribution in [1.29, 1.82) is 0 Å². The summed E-state index contributed by atoms with van der Waals surface area (Å²) >= 11 is 0. The molecule has 1 radical (unpaired) electrons. The quantitative estimate of drug-likeness (QED) is 0.668. The second-order valence-corrected chi connectivity index (χ2v) is 5.16. The van der Waals surface area contributed by atoms with Gasteiger partial charge < -0.3 is 22.1 Å². The third kappa shape index (κ3) is 10.3. The molecule has 0 aliphatic rings. The van der Waals surface area contributed by atoms with Gasteiger partial charge in [-0.05, 0) is 39.0 Å². The van der Waals surface area contributed by atoms with Gasteiger partial charge in [0.25, 0.3) is 0 Å². The standard InChI is InChI=1S/C14H19N2O4.C2H6.Y/c1-5-15-10-6-9(12(17)18)7-11(8-10)16-13(19)20-14(2,3)4;1-2;/h6-8,15H,1,5H2,2-4H3,(H,16,19)(H,17,18);1-2H3;/q-1;;. The number of carboxylic acid groups (broad SMARTS) is 1. The number of ether oxygens (including phenoxy) is 1. The first-order valence-corrected chi connectivity index (χ1v) is 7.13. The smallest absolute Gasteiger partial charge is 0.412 e. The number of carboxylic acids is 1. The maximum atomic E-state index is 11.7. The molecule has 0 aliphatic heterocycles. The molecule has 3 N–H and O–H groups in total. The normalized spacial score (nSPS) is 9.65. The van der Waals surface area contributed by atoms with E-state index in [0.29, 0.717) is 17.9 Å². The summed E-state index contributed by atoms with van der Waals surface area (Å²) in [4.78, 5) is 22.7. The van der Waals surface area contributed by atoms with Crippen LogP contribution in [0.1, 0.15) is 45.0 Å². The molecule has 23 heavy (non-hydrogen) atoms. The summed E-state index contributed by atoms with van der Waals surface area (Å²) in [6.45, 7) is 13.3. The van der Waals surface area contributed by atoms with E-state index >= 15 is 0 Å². The Morgan fingerprint density at radius 3 is 2.13 bits per heavy atom. The molecule has 1 aromatic carbocycles. The number of aromatic carboxylic acids is 1. The Labute approximate surface area is 163 Å². The first-order valence-electron chi connectivity index (χ1n) is 7.13. The number of rotatable bonds is 4. The van der Waals surface area contributed by atoms with Crippen LogP contribution in [0.2, 0.25) is 0 Å². The van der Waals surface area contributed by atoms with Crippen molar-refractivity contribution >= 4 is 23.4 Å². The van der Waals surface area contributed by atoms with Crippen LogP contribution in [-0.4, -0.2) is 29.3 Å². The monoisotopic (exact) mass is 398 g/mol. The van der Waals surface area contributed by atoms with Gasteiger partial charge in [-0.15, -0.1) is 6.54 Å². The molecule has 1 aromatic rings. The third-order valence-corrected chi connectivity index (χ3v) is 2.15. The molecule has 1 rings (SSSR count). The average molecular weight is 398 g/mol. The maximum Gasteiger partial charge on any atom is 0.412 e. The van der Waals surface area contributed by atoms with Crippen molar-refractivity contribution in [1.82, 2.24) is 0 Å². The molecule has 0 fully saturated rings. The number of amides is 1. The number of nitrogens with one attached hydrogen (secondary N) is 2. The van der Waals surface area contributed by atoms with E-state index in [9.17, 15) is 9.59 Å². The van der Waals surface area contributed by atoms with E-state index in [-0.39, 0.29) is 38.3 Å². The minimum Gasteiger partial charge on any atom is -0.478 e. The largest absolute Gasteiger partial charge is 0.478 e. The van der Waals surface area contributed by atoms with Crippen molar-refractivity contribution < 1.29 is 52.1 Å². The average Bonchev–Trinajstić information content (AvgIpc) is 2.38. The Bertz CT molecular complexity index is 513. The van der Waals surface area contributed by atoms with Gasteiger partial charge in [-0.2, -0.15) is 0 Å². The fraction of sp³-hybridized carbons (Fsp3) is 0.438. The number of hydrogen-bond donors (Lipinski definition) is 3. The van der Waals surface area contributed by atoms with E-state index < -0.39 is 17.7 Å². The van der Waals surface area contributed by atoms with Gasteiger partial charge in [0.1, 0.15) is 5.60 Å². The van der Waals surface area contributed by atoms with Crippen molar-refractivity contribution in [3.05, 3.63) is 30.7 Å². The molecule has 0 aliphatic carbocycles. The summed E-state index contributed by atoms with van der Waals surface area (Å²) in [7, 11) is 0. The van der Waals surface area contributed by atoms with Gasteiger partial charge in [-0.3, -0.25) is 5.32 Å². The molecule has 0 heterocycles. The Morgan fingerprint density at radius 1 is 1.17 bits per heavy atom. The van der Waals surface area contributed by atoms with Gasteiger partial charge in [-0.25, -0.2) is 9.59 Å². The fourth-order valence-electron chi connectivity index (χ4n) is 1.49. The molecule has 127 valence electrons. The zero-order valence-corrected chi connectivity index (χ0v) is 17.2. The van der Waals surface area contributed by atoms with Gasteiger partial charge in [0, 0.05) is 44.1 Å². The van der Waals surface area contributed by atoms with Gasteiger partial charge in [0.15, 0.2) is 0 Å². The number of carbonyl (C=O) groups is 2. The van der Waals surface area contributed by atoms with Crippen LogP contribution in [-0.2, 0) is 37.4 Å². The zero-order chi connectivity index (χ0) is 17.3. The van der Waals surface area contributed by atoms with Crippen molar-refractivity contribution in [2.45, 2.75) is 40.2 Å². The number of benzene rings is 1. The number of carbonyl (C=O) groups excluding carboxylic acids is 1. The van der Waals surface area contributed by atoms with Gasteiger partial charge >= 0.3 is 12.1 Å². The van der Waals surface area contributed by atoms with Crippen molar-refractivity contribution in [2.24, 2.45) is 0 Å². The molecule has 0 bridgehead atoms. The van der Waals surface area contributed by atoms with Gasteiger partial charge in [-0.1, -0.05) is 13.8 Å². The molecule has 0 aromatic heterocycles. The zero-order valence-electron chi connectivity index (χ0n) is 14.4. The third-order valence-electron chi connectivity index (χ3n) is 2.15. The molecule has 7 heteroatoms. The molecule has 0 unspecified atom stereocenters. The Kier molecular flexibility index (Phi) is 12.0. The predicted octanol–water partition coefficient (Wildman–Crippen LogP) is 4.00. The Morgan fingerprint density at radius 2 is 1.70 bits per heavy atom. The molecule has 1 amide bonds. The molecule has 0 saturated carbocycles. The van der Waals surface area contributed by atoms with Crippen LogP contribution >= 0.6 is 0 Å². The summed E-state index contributed by atoms with van der Waals surface area (Å²) in [6, 6.07) is 4.44. The van der Waals surface area contributed by atoms with Crippen LogP contribution in [0.4, 0.5) is 16.2 Å². The SMILES string of the molecule is CC.[CH2-]CNc1cc(NC(=O)OC(C)(C)C)cc(C(=O)O)c1.[Y]. The first-order chi connectivity index (χ1) is 10.2. The van der Waals surface area contributed by atoms with Crippen molar-refractivity contribution in [2.75, 3.05) is 17.2 Å². The van der Waals surface area contributed by atoms with Crippen LogP contribution in [0.25, 0.3) is 0 Å². The van der Waals surface area contributed by atoms with E-state index in [1.807, 2.05) is 13.8 Å². The van der Waals surface area contributed by atoms with E-state index in [1.54, 1.807) is 26.8 Å². The van der Waals surface area contributed by atoms with Crippen LogP contribution in [0.15, 0.2) is 18.2 Å². The van der Waals surface area contributed by atoms with Crippen LogP contribution in [0.3, 0.4) is 0 Å². The topological polar surface area (TPSA) is 87.7 Å². The Hall–Kier alpha value is -1.14. The summed E-state index contributed by atoms with van der Waals surface area (Å²) < 4.78 is 5.11. The summed E-state index contributed by atoms with van der Waals surface area (Å²) in [6.07, 6.45) is -0.638. The van der Waals surface area contributed by atoms with E-state index in [4.69, 9.17) is 9.84 Å². The minimum absolute atomic E-state index is 0. The molecule has 0 spiro atoms. The second kappa shape index (κ2) is 11.4. The molecule has 6 nitrogen and oxygen atoms in total. The van der Waals surface area contributed by atoms with E-state index in [0.717, 1.165) is 0 Å².